The number of sulfonamides is 1. The van der Waals surface area contributed by atoms with Crippen LogP contribution in [-0.4, -0.2) is 117 Å². The van der Waals surface area contributed by atoms with Gasteiger partial charge in [0.15, 0.2) is 21.7 Å². The van der Waals surface area contributed by atoms with Crippen LogP contribution in [-0.2, 0) is 39.3 Å². The van der Waals surface area contributed by atoms with Gasteiger partial charge in [0.05, 0.1) is 53.4 Å². The van der Waals surface area contributed by atoms with Crippen molar-refractivity contribution in [2.75, 3.05) is 74.5 Å². The zero-order valence-corrected chi connectivity index (χ0v) is 41.8. The summed E-state index contributed by atoms with van der Waals surface area (Å²) in [5.74, 6) is -0.957. The maximum absolute atomic E-state index is 13.6. The molecule has 1 saturated heterocycles. The number of nitrogens with one attached hydrogen (secondary N) is 5. The van der Waals surface area contributed by atoms with Crippen LogP contribution in [0, 0.1) is 12.8 Å². The highest BCUT2D eigenvalue weighted by Gasteiger charge is 2.53. The number of piperidine rings is 1. The Balaban J connectivity index is 0.614. The first-order chi connectivity index (χ1) is 35.6. The van der Waals surface area contributed by atoms with Crippen LogP contribution in [0.5, 0.6) is 11.5 Å². The normalized spacial score (nSPS) is 15.8. The van der Waals surface area contributed by atoms with Crippen LogP contribution in [0.3, 0.4) is 0 Å². The standard InChI is InChI=1S/C51H53F2N9O10S2/c1-32-8-13-42(59-48(66)50(17-18-50)36-9-11-39-40(30-36)72-51(52,53)71-39)58-45(32)34-5-4-6-35(29-34)46(64)56-21-26-70-28-27-69-25-20-54-43(63)16-24-62-22-14-33(15-23-62)47(65)60-49-57-38-31-37(10-12-41(38)73-49)61-74(67,68)44-7-2-3-19-55-44/h2-13,19,29-31,33,61H,14-18,20-28H2,1H3,(H,54,63)(H,56,64)(H,57,60,65)(H,58,59,66). The van der Waals surface area contributed by atoms with E-state index in [1.165, 1.54) is 35.7 Å². The van der Waals surface area contributed by atoms with E-state index in [-0.39, 0.29) is 59.2 Å². The van der Waals surface area contributed by atoms with E-state index in [4.69, 9.17) is 14.5 Å². The van der Waals surface area contributed by atoms with Gasteiger partial charge in [0.2, 0.25) is 17.7 Å². The summed E-state index contributed by atoms with van der Waals surface area (Å²) in [4.78, 5) is 67.5. The van der Waals surface area contributed by atoms with Crippen molar-refractivity contribution < 1.29 is 55.3 Å². The first kappa shape index (κ1) is 51.7. The van der Waals surface area contributed by atoms with Crippen molar-refractivity contribution in [3.63, 3.8) is 0 Å². The van der Waals surface area contributed by atoms with Gasteiger partial charge in [0.25, 0.3) is 15.9 Å². The third-order valence-corrected chi connectivity index (χ3v) is 15.0. The second-order valence-electron chi connectivity index (χ2n) is 18.0. The van der Waals surface area contributed by atoms with E-state index in [1.54, 1.807) is 60.7 Å². The van der Waals surface area contributed by atoms with E-state index in [9.17, 15) is 36.4 Å². The summed E-state index contributed by atoms with van der Waals surface area (Å²) in [5, 5.41) is 11.9. The van der Waals surface area contributed by atoms with Gasteiger partial charge in [-0.25, -0.2) is 15.0 Å². The molecule has 74 heavy (non-hydrogen) atoms. The van der Waals surface area contributed by atoms with Crippen LogP contribution in [0.25, 0.3) is 21.5 Å². The number of hydrogen-bond donors (Lipinski definition) is 5. The van der Waals surface area contributed by atoms with Crippen molar-refractivity contribution in [1.82, 2.24) is 30.5 Å². The molecule has 3 aromatic heterocycles. The molecule has 0 atom stereocenters. The first-order valence-corrected chi connectivity index (χ1v) is 26.3. The number of pyridine rings is 2. The molecule has 1 saturated carbocycles. The van der Waals surface area contributed by atoms with Gasteiger partial charge in [0, 0.05) is 49.3 Å². The van der Waals surface area contributed by atoms with Crippen LogP contribution >= 0.6 is 11.3 Å². The molecule has 0 radical (unpaired) electrons. The maximum Gasteiger partial charge on any atom is 0.586 e. The van der Waals surface area contributed by atoms with Gasteiger partial charge >= 0.3 is 6.29 Å². The number of hydrogen-bond acceptors (Lipinski definition) is 15. The lowest BCUT2D eigenvalue weighted by Gasteiger charge is -2.30. The van der Waals surface area contributed by atoms with Crippen molar-refractivity contribution in [2.45, 2.75) is 55.8 Å². The zero-order valence-electron chi connectivity index (χ0n) is 40.2. The number of carbonyl (C=O) groups is 4. The molecule has 4 amide bonds. The third-order valence-electron chi connectivity index (χ3n) is 12.7. The molecule has 23 heteroatoms. The Morgan fingerprint density at radius 1 is 0.824 bits per heavy atom. The number of carbonyl (C=O) groups excluding carboxylic acids is 4. The number of alkyl halides is 2. The maximum atomic E-state index is 13.6. The molecule has 388 valence electrons. The molecule has 9 rings (SSSR count). The summed E-state index contributed by atoms with van der Waals surface area (Å²) in [6.45, 7) is 5.55. The highest BCUT2D eigenvalue weighted by molar-refractivity contribution is 7.92. The predicted molar refractivity (Wildman–Crippen MR) is 271 cm³/mol. The number of halogens is 2. The van der Waals surface area contributed by atoms with Gasteiger partial charge in [-0.3, -0.25) is 23.9 Å². The predicted octanol–water partition coefficient (Wildman–Crippen LogP) is 6.47. The quantitative estimate of drug-likeness (QED) is 0.0458. The van der Waals surface area contributed by atoms with E-state index < -0.39 is 21.7 Å². The summed E-state index contributed by atoms with van der Waals surface area (Å²) in [5.41, 5.74) is 2.98. The number of benzene rings is 3. The molecule has 0 spiro atoms. The third kappa shape index (κ3) is 12.8. The average Bonchev–Trinajstić information content (AvgIpc) is 4.02. The van der Waals surface area contributed by atoms with E-state index in [1.807, 2.05) is 19.1 Å². The molecule has 3 aliphatic rings. The summed E-state index contributed by atoms with van der Waals surface area (Å²) in [7, 11) is -3.87. The Morgan fingerprint density at radius 3 is 2.35 bits per heavy atom. The van der Waals surface area contributed by atoms with Gasteiger partial charge in [-0.05, 0) is 117 Å². The Labute approximate surface area is 428 Å². The number of amides is 4. The molecule has 5 heterocycles. The van der Waals surface area contributed by atoms with Crippen LogP contribution in [0.15, 0.2) is 102 Å². The summed E-state index contributed by atoms with van der Waals surface area (Å²) < 4.78 is 76.2. The molecule has 2 fully saturated rings. The molecule has 5 N–H and O–H groups in total. The number of aryl methyl sites for hydroxylation is 1. The van der Waals surface area contributed by atoms with Crippen LogP contribution < -0.4 is 35.5 Å². The zero-order chi connectivity index (χ0) is 51.9. The van der Waals surface area contributed by atoms with Crippen molar-refractivity contribution >= 4 is 71.8 Å². The van der Waals surface area contributed by atoms with Crippen molar-refractivity contribution in [1.29, 1.82) is 0 Å². The second-order valence-corrected chi connectivity index (χ2v) is 20.6. The topological polar surface area (TPSA) is 241 Å². The fourth-order valence-electron chi connectivity index (χ4n) is 8.61. The van der Waals surface area contributed by atoms with Crippen molar-refractivity contribution in [3.05, 3.63) is 114 Å². The number of anilines is 3. The molecule has 2 aliphatic heterocycles. The van der Waals surface area contributed by atoms with Gasteiger partial charge in [-0.15, -0.1) is 8.78 Å². The molecule has 3 aromatic carbocycles. The molecular formula is C51H53F2N9O10S2. The SMILES string of the molecule is Cc1ccc(NC(=O)C2(c3ccc4c(c3)OC(F)(F)O4)CC2)nc1-c1cccc(C(=O)NCCOCCOCCNC(=O)CCN2CCC(C(=O)Nc3nc4cc(NS(=O)(=O)c5ccccn5)ccc4s3)CC2)c1. The average molecular weight is 1050 g/mol. The summed E-state index contributed by atoms with van der Waals surface area (Å²) in [6, 6.07) is 24.5. The number of thiazole rings is 1. The molecule has 0 bridgehead atoms. The smallest absolute Gasteiger partial charge is 0.395 e. The molecule has 0 unspecified atom stereocenters. The van der Waals surface area contributed by atoms with Crippen LogP contribution in [0.1, 0.15) is 53.6 Å². The number of rotatable bonds is 22. The fraction of sp³-hybridized carbons (Fsp3) is 0.353. The van der Waals surface area contributed by atoms with E-state index >= 15 is 0 Å². The molecule has 1 aliphatic carbocycles. The minimum absolute atomic E-state index is 0.0907. The monoisotopic (exact) mass is 1050 g/mol. The number of aromatic nitrogens is 3. The number of likely N-dealkylation sites (tertiary alicyclic amines) is 1. The summed E-state index contributed by atoms with van der Waals surface area (Å²) >= 11 is 1.31. The van der Waals surface area contributed by atoms with Gasteiger partial charge in [-0.2, -0.15) is 8.42 Å². The van der Waals surface area contributed by atoms with Crippen LogP contribution in [0.4, 0.5) is 25.4 Å². The van der Waals surface area contributed by atoms with Crippen LogP contribution in [0.2, 0.25) is 0 Å². The van der Waals surface area contributed by atoms with Gasteiger partial charge in [-0.1, -0.05) is 41.7 Å². The van der Waals surface area contributed by atoms with E-state index in [0.717, 1.165) is 10.3 Å². The highest BCUT2D eigenvalue weighted by atomic mass is 32.2. The van der Waals surface area contributed by atoms with Crippen molar-refractivity contribution in [3.8, 4) is 22.8 Å². The lowest BCUT2D eigenvalue weighted by Crippen LogP contribution is -2.40. The molecule has 6 aromatic rings. The minimum Gasteiger partial charge on any atom is -0.395 e. The van der Waals surface area contributed by atoms with E-state index in [0.29, 0.717) is 123 Å². The highest BCUT2D eigenvalue weighted by Crippen LogP contribution is 2.52. The number of ether oxygens (including phenoxy) is 4. The van der Waals surface area contributed by atoms with Gasteiger partial charge in [0.1, 0.15) is 5.82 Å². The minimum atomic E-state index is -3.87. The number of fused-ring (bicyclic) bond motifs is 2. The van der Waals surface area contributed by atoms with Crippen molar-refractivity contribution in [2.24, 2.45) is 5.92 Å². The molecular weight excluding hydrogens is 1000 g/mol. The molecule has 19 nitrogen and oxygen atoms in total. The Morgan fingerprint density at radius 2 is 1.59 bits per heavy atom. The Hall–Kier alpha value is -7.18. The second kappa shape index (κ2) is 22.5. The lowest BCUT2D eigenvalue weighted by atomic mass is 9.94. The van der Waals surface area contributed by atoms with E-state index in [2.05, 4.69) is 50.3 Å². The Kier molecular flexibility index (Phi) is 15.7. The Bertz CT molecular complexity index is 3150. The number of nitrogens with zero attached hydrogens (tertiary/aromatic N) is 4. The largest absolute Gasteiger partial charge is 0.586 e. The van der Waals surface area contributed by atoms with Gasteiger partial charge < -0.3 is 45.1 Å². The first-order valence-electron chi connectivity index (χ1n) is 24.0. The lowest BCUT2D eigenvalue weighted by molar-refractivity contribution is -0.286. The summed E-state index contributed by atoms with van der Waals surface area (Å²) in [6.07, 6.45) is 0.287. The fourth-order valence-corrected chi connectivity index (χ4v) is 10.5.